The molecule has 0 spiro atoms. The van der Waals surface area contributed by atoms with E-state index in [4.69, 9.17) is 4.74 Å². The molecule has 174 valence electrons. The Kier molecular flexibility index (Phi) is 7.02. The number of ether oxygens (including phenoxy) is 1. The predicted molar refractivity (Wildman–Crippen MR) is 135 cm³/mol. The first-order chi connectivity index (χ1) is 16.5. The topological polar surface area (TPSA) is 116 Å². The highest BCUT2D eigenvalue weighted by molar-refractivity contribution is 6.07. The Morgan fingerprint density at radius 1 is 1.03 bits per heavy atom. The molecular formula is C25H27N7O2. The Balaban J connectivity index is 1.51. The Labute approximate surface area is 197 Å². The van der Waals surface area contributed by atoms with Crippen molar-refractivity contribution in [2.24, 2.45) is 4.99 Å². The SMILES string of the molecule is COc1ccc2[nH]cc(CCN=C(NC(=O)Nc3ccccc3)Nc3nc(C)cc(C)n3)c2c1. The largest absolute Gasteiger partial charge is 0.497 e. The van der Waals surface area contributed by atoms with Crippen molar-refractivity contribution in [2.45, 2.75) is 20.3 Å². The van der Waals surface area contributed by atoms with Gasteiger partial charge in [0, 0.05) is 40.7 Å². The fourth-order valence-corrected chi connectivity index (χ4v) is 3.57. The summed E-state index contributed by atoms with van der Waals surface area (Å²) in [7, 11) is 1.65. The van der Waals surface area contributed by atoms with E-state index < -0.39 is 6.03 Å². The number of hydrogen-bond acceptors (Lipinski definition) is 5. The minimum absolute atomic E-state index is 0.260. The molecule has 2 aromatic heterocycles. The number of carbonyl (C=O) groups excluding carboxylic acids is 1. The van der Waals surface area contributed by atoms with Crippen LogP contribution in [-0.4, -0.2) is 40.6 Å². The van der Waals surface area contributed by atoms with Gasteiger partial charge in [0.25, 0.3) is 0 Å². The van der Waals surface area contributed by atoms with Crippen LogP contribution >= 0.6 is 0 Å². The lowest BCUT2D eigenvalue weighted by molar-refractivity contribution is 0.256. The molecule has 9 nitrogen and oxygen atoms in total. The minimum Gasteiger partial charge on any atom is -0.497 e. The van der Waals surface area contributed by atoms with Crippen molar-refractivity contribution < 1.29 is 9.53 Å². The van der Waals surface area contributed by atoms with E-state index in [-0.39, 0.29) is 5.96 Å². The van der Waals surface area contributed by atoms with Gasteiger partial charge in [-0.3, -0.25) is 15.6 Å². The lowest BCUT2D eigenvalue weighted by Crippen LogP contribution is -2.39. The normalized spacial score (nSPS) is 11.3. The first-order valence-corrected chi connectivity index (χ1v) is 10.9. The van der Waals surface area contributed by atoms with Crippen molar-refractivity contribution in [1.82, 2.24) is 20.3 Å². The molecule has 0 saturated carbocycles. The van der Waals surface area contributed by atoms with Gasteiger partial charge in [-0.2, -0.15) is 0 Å². The lowest BCUT2D eigenvalue weighted by Gasteiger charge is -2.12. The molecule has 2 amide bonds. The van der Waals surface area contributed by atoms with Crippen molar-refractivity contribution in [2.75, 3.05) is 24.3 Å². The van der Waals surface area contributed by atoms with Crippen LogP contribution in [-0.2, 0) is 6.42 Å². The van der Waals surface area contributed by atoms with Gasteiger partial charge >= 0.3 is 6.03 Å². The summed E-state index contributed by atoms with van der Waals surface area (Å²) in [5, 5.41) is 9.68. The highest BCUT2D eigenvalue weighted by Gasteiger charge is 2.10. The van der Waals surface area contributed by atoms with Gasteiger partial charge in [-0.1, -0.05) is 18.2 Å². The second kappa shape index (κ2) is 10.5. The number of urea groups is 1. The third-order valence-corrected chi connectivity index (χ3v) is 5.10. The zero-order chi connectivity index (χ0) is 23.9. The van der Waals surface area contributed by atoms with E-state index in [1.165, 1.54) is 0 Å². The molecule has 0 aliphatic rings. The highest BCUT2D eigenvalue weighted by Crippen LogP contribution is 2.24. The number of para-hydroxylation sites is 1. The van der Waals surface area contributed by atoms with Gasteiger partial charge in [0.05, 0.1) is 7.11 Å². The molecule has 0 radical (unpaired) electrons. The average molecular weight is 458 g/mol. The van der Waals surface area contributed by atoms with Crippen LogP contribution < -0.4 is 20.7 Å². The number of aromatic amines is 1. The number of aryl methyl sites for hydroxylation is 2. The zero-order valence-electron chi connectivity index (χ0n) is 19.3. The molecule has 0 unspecified atom stereocenters. The van der Waals surface area contributed by atoms with Crippen molar-refractivity contribution in [3.05, 3.63) is 77.7 Å². The third-order valence-electron chi connectivity index (χ3n) is 5.10. The maximum atomic E-state index is 12.6. The lowest BCUT2D eigenvalue weighted by atomic mass is 10.1. The first-order valence-electron chi connectivity index (χ1n) is 10.9. The van der Waals surface area contributed by atoms with Gasteiger partial charge in [0.15, 0.2) is 0 Å². The summed E-state index contributed by atoms with van der Waals surface area (Å²) in [5.41, 5.74) is 4.44. The molecule has 4 rings (SSSR count). The summed E-state index contributed by atoms with van der Waals surface area (Å²) < 4.78 is 5.35. The maximum absolute atomic E-state index is 12.6. The molecular weight excluding hydrogens is 430 g/mol. The summed E-state index contributed by atoms with van der Waals surface area (Å²) >= 11 is 0. The van der Waals surface area contributed by atoms with E-state index in [0.717, 1.165) is 33.6 Å². The number of nitrogens with zero attached hydrogens (tertiary/aromatic N) is 3. The van der Waals surface area contributed by atoms with Crippen LogP contribution in [0.4, 0.5) is 16.4 Å². The van der Waals surface area contributed by atoms with Crippen molar-refractivity contribution >= 4 is 34.5 Å². The molecule has 0 saturated heterocycles. The molecule has 34 heavy (non-hydrogen) atoms. The van der Waals surface area contributed by atoms with Crippen LogP contribution in [0.1, 0.15) is 17.0 Å². The number of aliphatic imine (C=N–C) groups is 1. The number of methoxy groups -OCH3 is 1. The van der Waals surface area contributed by atoms with Crippen molar-refractivity contribution in [3.63, 3.8) is 0 Å². The molecule has 2 heterocycles. The van der Waals surface area contributed by atoms with Gasteiger partial charge in [-0.05, 0) is 62.2 Å². The number of guanidine groups is 1. The molecule has 0 bridgehead atoms. The Bertz CT molecular complexity index is 1300. The highest BCUT2D eigenvalue weighted by atomic mass is 16.5. The summed E-state index contributed by atoms with van der Waals surface area (Å²) in [5.74, 6) is 1.43. The summed E-state index contributed by atoms with van der Waals surface area (Å²) in [6, 6.07) is 16.6. The minimum atomic E-state index is -0.418. The molecule has 4 aromatic rings. The van der Waals surface area contributed by atoms with Crippen LogP contribution in [0.3, 0.4) is 0 Å². The van der Waals surface area contributed by atoms with Gasteiger partial charge in [-0.15, -0.1) is 0 Å². The van der Waals surface area contributed by atoms with Gasteiger partial charge in [0.1, 0.15) is 5.75 Å². The number of aromatic nitrogens is 3. The number of amides is 2. The smallest absolute Gasteiger partial charge is 0.326 e. The van der Waals surface area contributed by atoms with Crippen LogP contribution in [0.25, 0.3) is 10.9 Å². The number of H-pyrrole nitrogens is 1. The number of hydrogen-bond donors (Lipinski definition) is 4. The van der Waals surface area contributed by atoms with Gasteiger partial charge in [0.2, 0.25) is 11.9 Å². The number of nitrogens with one attached hydrogen (secondary N) is 4. The van der Waals surface area contributed by atoms with E-state index in [1.54, 1.807) is 7.11 Å². The molecule has 4 N–H and O–H groups in total. The van der Waals surface area contributed by atoms with E-state index >= 15 is 0 Å². The molecule has 0 atom stereocenters. The fraction of sp³-hybridized carbons (Fsp3) is 0.200. The quantitative estimate of drug-likeness (QED) is 0.253. The van der Waals surface area contributed by atoms with E-state index in [0.29, 0.717) is 24.6 Å². The second-order valence-corrected chi connectivity index (χ2v) is 7.75. The number of fused-ring (bicyclic) bond motifs is 1. The number of carbonyl (C=O) groups is 1. The maximum Gasteiger partial charge on any atom is 0.326 e. The molecule has 0 aliphatic carbocycles. The number of rotatable bonds is 6. The second-order valence-electron chi connectivity index (χ2n) is 7.75. The van der Waals surface area contributed by atoms with E-state index in [1.807, 2.05) is 74.6 Å². The van der Waals surface area contributed by atoms with Crippen LogP contribution in [0.2, 0.25) is 0 Å². The molecule has 0 fully saturated rings. The summed E-state index contributed by atoms with van der Waals surface area (Å²) in [4.78, 5) is 29.2. The van der Waals surface area contributed by atoms with Crippen molar-refractivity contribution in [3.8, 4) is 5.75 Å². The Morgan fingerprint density at radius 2 is 1.79 bits per heavy atom. The molecule has 0 aliphatic heterocycles. The fourth-order valence-electron chi connectivity index (χ4n) is 3.57. The van der Waals surface area contributed by atoms with Crippen LogP contribution in [0.15, 0.2) is 65.8 Å². The van der Waals surface area contributed by atoms with E-state index in [9.17, 15) is 4.79 Å². The summed E-state index contributed by atoms with van der Waals surface area (Å²) in [6.07, 6.45) is 2.63. The number of benzene rings is 2. The third kappa shape index (κ3) is 5.89. The monoisotopic (exact) mass is 457 g/mol. The number of anilines is 2. The van der Waals surface area contributed by atoms with Gasteiger partial charge < -0.3 is 15.0 Å². The van der Waals surface area contributed by atoms with Crippen LogP contribution in [0.5, 0.6) is 5.75 Å². The first kappa shape index (κ1) is 22.8. The summed E-state index contributed by atoms with van der Waals surface area (Å²) in [6.45, 7) is 4.21. The molecule has 2 aromatic carbocycles. The predicted octanol–water partition coefficient (Wildman–Crippen LogP) is 4.42. The molecule has 9 heteroatoms. The average Bonchev–Trinajstić information content (AvgIpc) is 3.21. The van der Waals surface area contributed by atoms with E-state index in [2.05, 4.69) is 35.9 Å². The standard InChI is InChI=1S/C25H27N7O2/c1-16-13-17(2)29-24(28-16)31-23(32-25(33)30-19-7-5-4-6-8-19)26-12-11-18-15-27-22-10-9-20(34-3)14-21(18)22/h4-10,13-15,27H,11-12H2,1-3H3,(H3,26,28,29,30,31,32,33). The zero-order valence-corrected chi connectivity index (χ0v) is 19.3. The van der Waals surface area contributed by atoms with Crippen molar-refractivity contribution in [1.29, 1.82) is 0 Å². The Hall–Kier alpha value is -4.40. The van der Waals surface area contributed by atoms with Gasteiger partial charge in [-0.25, -0.2) is 14.8 Å². The van der Waals surface area contributed by atoms with Crippen LogP contribution in [0, 0.1) is 13.8 Å². The Morgan fingerprint density at radius 3 is 2.53 bits per heavy atom.